The lowest BCUT2D eigenvalue weighted by Crippen LogP contribution is -2.57. The number of nitrogens with one attached hydrogen (secondary N) is 1. The molecule has 192 valence electrons. The fourth-order valence-corrected chi connectivity index (χ4v) is 5.94. The van der Waals surface area contributed by atoms with Crippen LogP contribution in [0.4, 0.5) is 4.79 Å². The molecule has 6 heteroatoms. The Hall–Kier alpha value is -3.51. The van der Waals surface area contributed by atoms with Crippen molar-refractivity contribution in [2.24, 2.45) is 5.92 Å². The summed E-state index contributed by atoms with van der Waals surface area (Å²) in [6.45, 7) is 9.47. The van der Waals surface area contributed by atoms with Crippen LogP contribution < -0.4 is 5.32 Å². The lowest BCUT2D eigenvalue weighted by atomic mass is 9.73. The number of hydrogen-bond acceptors (Lipinski definition) is 4. The number of hydrogen-bond donors (Lipinski definition) is 1. The number of benzene rings is 2. The summed E-state index contributed by atoms with van der Waals surface area (Å²) in [5.74, 6) is -0.0474. The molecule has 2 aliphatic rings. The van der Waals surface area contributed by atoms with Gasteiger partial charge in [0, 0.05) is 25.4 Å². The number of likely N-dealkylation sites (tertiary alicyclic amines) is 1. The van der Waals surface area contributed by atoms with Crippen molar-refractivity contribution in [1.82, 2.24) is 20.1 Å². The van der Waals surface area contributed by atoms with Gasteiger partial charge in [0.2, 0.25) is 0 Å². The number of imide groups is 1. The van der Waals surface area contributed by atoms with Gasteiger partial charge in [-0.3, -0.25) is 19.6 Å². The van der Waals surface area contributed by atoms with Gasteiger partial charge in [-0.2, -0.15) is 0 Å². The van der Waals surface area contributed by atoms with Crippen LogP contribution in [0.1, 0.15) is 46.2 Å². The second-order valence-electron chi connectivity index (χ2n) is 10.7. The fourth-order valence-electron chi connectivity index (χ4n) is 5.94. The summed E-state index contributed by atoms with van der Waals surface area (Å²) < 4.78 is 0. The van der Waals surface area contributed by atoms with Gasteiger partial charge in [-0.1, -0.05) is 48.5 Å². The van der Waals surface area contributed by atoms with Crippen LogP contribution in [0.25, 0.3) is 0 Å². The Morgan fingerprint density at radius 2 is 1.59 bits per heavy atom. The third-order valence-corrected chi connectivity index (χ3v) is 8.22. The summed E-state index contributed by atoms with van der Waals surface area (Å²) in [4.78, 5) is 35.3. The van der Waals surface area contributed by atoms with Crippen LogP contribution in [0.2, 0.25) is 0 Å². The smallest absolute Gasteiger partial charge is 0.322 e. The molecule has 1 aromatic heterocycles. The zero-order valence-corrected chi connectivity index (χ0v) is 22.0. The van der Waals surface area contributed by atoms with E-state index in [0.29, 0.717) is 6.42 Å². The Morgan fingerprint density at radius 1 is 0.892 bits per heavy atom. The van der Waals surface area contributed by atoms with Crippen LogP contribution in [-0.2, 0) is 24.3 Å². The van der Waals surface area contributed by atoms with Crippen molar-refractivity contribution in [3.8, 4) is 0 Å². The molecule has 3 aromatic rings. The Labute approximate surface area is 219 Å². The van der Waals surface area contributed by atoms with Gasteiger partial charge in [-0.15, -0.1) is 0 Å². The van der Waals surface area contributed by atoms with Gasteiger partial charge >= 0.3 is 6.03 Å². The van der Waals surface area contributed by atoms with E-state index >= 15 is 0 Å². The zero-order chi connectivity index (χ0) is 26.0. The maximum Gasteiger partial charge on any atom is 0.325 e. The van der Waals surface area contributed by atoms with Crippen LogP contribution in [0.3, 0.4) is 0 Å². The van der Waals surface area contributed by atoms with Crippen LogP contribution in [0, 0.1) is 26.7 Å². The number of pyridine rings is 1. The third-order valence-electron chi connectivity index (χ3n) is 8.22. The highest BCUT2D eigenvalue weighted by molar-refractivity contribution is 6.07. The van der Waals surface area contributed by atoms with Crippen LogP contribution in [0.5, 0.6) is 0 Å². The summed E-state index contributed by atoms with van der Waals surface area (Å²) in [6, 6.07) is 18.1. The molecule has 5 rings (SSSR count). The highest BCUT2D eigenvalue weighted by Gasteiger charge is 2.55. The molecular formula is C31H36N4O2. The van der Waals surface area contributed by atoms with E-state index in [0.717, 1.165) is 43.6 Å². The Balaban J connectivity index is 1.36. The van der Waals surface area contributed by atoms with E-state index in [1.54, 1.807) is 12.4 Å². The van der Waals surface area contributed by atoms with E-state index < -0.39 is 5.54 Å². The molecule has 0 unspecified atom stereocenters. The number of carbonyl (C=O) groups is 2. The molecule has 0 bridgehead atoms. The maximum atomic E-state index is 14.0. The first kappa shape index (κ1) is 25.2. The molecule has 0 radical (unpaired) electrons. The molecule has 0 saturated carbocycles. The second kappa shape index (κ2) is 10.5. The van der Waals surface area contributed by atoms with E-state index in [1.165, 1.54) is 27.2 Å². The highest BCUT2D eigenvalue weighted by atomic mass is 16.2. The average molecular weight is 497 g/mol. The predicted octanol–water partition coefficient (Wildman–Crippen LogP) is 4.95. The number of aromatic nitrogens is 1. The number of amides is 3. The van der Waals surface area contributed by atoms with Gasteiger partial charge in [0.25, 0.3) is 5.91 Å². The lowest BCUT2D eigenvalue weighted by Gasteiger charge is -2.41. The summed E-state index contributed by atoms with van der Waals surface area (Å²) >= 11 is 0. The van der Waals surface area contributed by atoms with Crippen molar-refractivity contribution >= 4 is 11.9 Å². The van der Waals surface area contributed by atoms with Crippen LogP contribution in [0.15, 0.2) is 67.0 Å². The Bertz CT molecular complexity index is 1270. The second-order valence-corrected chi connectivity index (χ2v) is 10.7. The van der Waals surface area contributed by atoms with Crippen molar-refractivity contribution in [2.75, 3.05) is 13.1 Å². The Morgan fingerprint density at radius 3 is 2.30 bits per heavy atom. The molecule has 0 spiro atoms. The normalized spacial score (nSPS) is 20.9. The summed E-state index contributed by atoms with van der Waals surface area (Å²) in [5.41, 5.74) is 6.33. The molecule has 2 aliphatic heterocycles. The summed E-state index contributed by atoms with van der Waals surface area (Å²) in [7, 11) is 0. The topological polar surface area (TPSA) is 65.5 Å². The number of urea groups is 1. The monoisotopic (exact) mass is 496 g/mol. The number of nitrogens with zero attached hydrogens (tertiary/aromatic N) is 3. The van der Waals surface area contributed by atoms with E-state index in [1.807, 2.05) is 42.5 Å². The van der Waals surface area contributed by atoms with Gasteiger partial charge in [0.05, 0.1) is 6.54 Å². The van der Waals surface area contributed by atoms with E-state index in [-0.39, 0.29) is 24.4 Å². The number of piperidine rings is 1. The first-order valence-electron chi connectivity index (χ1n) is 13.2. The molecular weight excluding hydrogens is 460 g/mol. The molecule has 3 amide bonds. The number of rotatable bonds is 7. The van der Waals surface area contributed by atoms with Crippen molar-refractivity contribution in [1.29, 1.82) is 0 Å². The molecule has 2 aromatic carbocycles. The molecule has 6 nitrogen and oxygen atoms in total. The minimum absolute atomic E-state index is 0.0696. The predicted molar refractivity (Wildman–Crippen MR) is 145 cm³/mol. The minimum atomic E-state index is -0.927. The lowest BCUT2D eigenvalue weighted by molar-refractivity contribution is -0.134. The quantitative estimate of drug-likeness (QED) is 0.470. The molecule has 1 atom stereocenters. The van der Waals surface area contributed by atoms with Crippen molar-refractivity contribution in [3.05, 3.63) is 100 Å². The highest BCUT2D eigenvalue weighted by Crippen LogP contribution is 2.37. The van der Waals surface area contributed by atoms with Crippen LogP contribution in [-0.4, -0.2) is 45.4 Å². The summed E-state index contributed by atoms with van der Waals surface area (Å²) in [5, 5.41) is 3.19. The zero-order valence-electron chi connectivity index (χ0n) is 22.0. The third kappa shape index (κ3) is 5.16. The van der Waals surface area contributed by atoms with Gasteiger partial charge in [0.15, 0.2) is 0 Å². The van der Waals surface area contributed by atoms with Crippen molar-refractivity contribution in [2.45, 2.75) is 58.7 Å². The molecule has 2 fully saturated rings. The number of carbonyl (C=O) groups excluding carboxylic acids is 2. The molecule has 0 aliphatic carbocycles. The SMILES string of the molecule is Cc1cc(C)c(CN2CCC([C@]3(Cc4ccccc4)NC(=O)N(Cc4cccnc4)C3=O)CC2)cc1C. The average Bonchev–Trinajstić information content (AvgIpc) is 3.13. The van der Waals surface area contributed by atoms with Crippen molar-refractivity contribution < 1.29 is 9.59 Å². The molecule has 3 heterocycles. The summed E-state index contributed by atoms with van der Waals surface area (Å²) in [6.07, 6.45) is 5.64. The molecule has 37 heavy (non-hydrogen) atoms. The van der Waals surface area contributed by atoms with E-state index in [4.69, 9.17) is 0 Å². The van der Waals surface area contributed by atoms with Gasteiger partial charge in [0.1, 0.15) is 5.54 Å². The molecule has 1 N–H and O–H groups in total. The van der Waals surface area contributed by atoms with Gasteiger partial charge < -0.3 is 5.32 Å². The first-order chi connectivity index (χ1) is 17.9. The molecule has 2 saturated heterocycles. The first-order valence-corrected chi connectivity index (χ1v) is 13.2. The number of aryl methyl sites for hydroxylation is 3. The minimum Gasteiger partial charge on any atom is -0.322 e. The maximum absolute atomic E-state index is 14.0. The van der Waals surface area contributed by atoms with E-state index in [2.05, 4.69) is 48.1 Å². The standard InChI is InChI=1S/C31H36N4O2/c1-22-16-24(3)27(17-23(22)2)21-34-14-11-28(12-15-34)31(18-25-8-5-4-6-9-25)29(36)35(30(37)33-31)20-26-10-7-13-32-19-26/h4-10,13,16-17,19,28H,11-12,14-15,18,20-21H2,1-3H3,(H,33,37)/t31-/m0/s1. The Kier molecular flexibility index (Phi) is 7.11. The fraction of sp³-hybridized carbons (Fsp3) is 0.387. The van der Waals surface area contributed by atoms with Crippen LogP contribution >= 0.6 is 0 Å². The van der Waals surface area contributed by atoms with E-state index in [9.17, 15) is 9.59 Å². The largest absolute Gasteiger partial charge is 0.325 e. The van der Waals surface area contributed by atoms with Crippen molar-refractivity contribution in [3.63, 3.8) is 0 Å². The van der Waals surface area contributed by atoms with Gasteiger partial charge in [-0.05, 0) is 92.1 Å². The van der Waals surface area contributed by atoms with Gasteiger partial charge in [-0.25, -0.2) is 4.79 Å².